The lowest BCUT2D eigenvalue weighted by Gasteiger charge is -2.32. The number of methoxy groups -OCH3 is 1. The van der Waals surface area contributed by atoms with Gasteiger partial charge < -0.3 is 14.6 Å². The van der Waals surface area contributed by atoms with Gasteiger partial charge in [0, 0.05) is 31.8 Å². The van der Waals surface area contributed by atoms with E-state index in [1.165, 1.54) is 0 Å². The number of aryl methyl sites for hydroxylation is 1. The number of ether oxygens (including phenoxy) is 1. The van der Waals surface area contributed by atoms with Gasteiger partial charge >= 0.3 is 0 Å². The van der Waals surface area contributed by atoms with Gasteiger partial charge in [-0.05, 0) is 19.4 Å². The Kier molecular flexibility index (Phi) is 4.47. The predicted molar refractivity (Wildman–Crippen MR) is 79.5 cm³/mol. The van der Waals surface area contributed by atoms with Crippen molar-refractivity contribution in [1.82, 2.24) is 25.0 Å². The lowest BCUT2D eigenvalue weighted by molar-refractivity contribution is 0.201. The maximum atomic E-state index is 5.12. The summed E-state index contributed by atoms with van der Waals surface area (Å²) in [4.78, 5) is 15.1. The molecule has 2 aromatic heterocycles. The molecule has 1 aliphatic rings. The normalized spacial score (nSPS) is 19.1. The van der Waals surface area contributed by atoms with Crippen LogP contribution in [0.2, 0.25) is 0 Å². The highest BCUT2D eigenvalue weighted by molar-refractivity contribution is 5.29. The SMILES string of the molecule is COc1ccnc(NC2CCCN(Cc3noc(C)n3)C2)n1. The molecule has 8 heteroatoms. The first-order valence-corrected chi connectivity index (χ1v) is 7.38. The molecule has 0 radical (unpaired) electrons. The molecule has 1 unspecified atom stereocenters. The Labute approximate surface area is 128 Å². The van der Waals surface area contributed by atoms with Crippen molar-refractivity contribution in [2.45, 2.75) is 32.4 Å². The van der Waals surface area contributed by atoms with Gasteiger partial charge in [-0.3, -0.25) is 4.90 Å². The van der Waals surface area contributed by atoms with Crippen molar-refractivity contribution in [3.8, 4) is 5.88 Å². The summed E-state index contributed by atoms with van der Waals surface area (Å²) >= 11 is 0. The smallest absolute Gasteiger partial charge is 0.226 e. The fourth-order valence-corrected chi connectivity index (χ4v) is 2.63. The first kappa shape index (κ1) is 14.7. The summed E-state index contributed by atoms with van der Waals surface area (Å²) in [6.45, 7) is 4.44. The van der Waals surface area contributed by atoms with Crippen LogP contribution in [0.4, 0.5) is 5.95 Å². The fraction of sp³-hybridized carbons (Fsp3) is 0.571. The molecule has 0 spiro atoms. The van der Waals surface area contributed by atoms with Crippen molar-refractivity contribution in [2.24, 2.45) is 0 Å². The molecular weight excluding hydrogens is 284 g/mol. The quantitative estimate of drug-likeness (QED) is 0.883. The Bertz CT molecular complexity index is 617. The minimum atomic E-state index is 0.300. The van der Waals surface area contributed by atoms with Gasteiger partial charge in [0.1, 0.15) is 0 Å². The van der Waals surface area contributed by atoms with Crippen molar-refractivity contribution >= 4 is 5.95 Å². The molecule has 2 aromatic rings. The zero-order chi connectivity index (χ0) is 15.4. The zero-order valence-corrected chi connectivity index (χ0v) is 12.8. The zero-order valence-electron chi connectivity index (χ0n) is 12.8. The Balaban J connectivity index is 1.58. The van der Waals surface area contributed by atoms with Crippen molar-refractivity contribution < 1.29 is 9.26 Å². The average molecular weight is 304 g/mol. The average Bonchev–Trinajstić information content (AvgIpc) is 2.93. The monoisotopic (exact) mass is 304 g/mol. The van der Waals surface area contributed by atoms with Gasteiger partial charge in [-0.2, -0.15) is 9.97 Å². The van der Waals surface area contributed by atoms with E-state index in [2.05, 4.69) is 30.3 Å². The van der Waals surface area contributed by atoms with E-state index in [9.17, 15) is 0 Å². The van der Waals surface area contributed by atoms with Gasteiger partial charge in [0.25, 0.3) is 0 Å². The van der Waals surface area contributed by atoms with Crippen LogP contribution in [0.1, 0.15) is 24.6 Å². The third-order valence-electron chi connectivity index (χ3n) is 3.61. The Morgan fingerprint density at radius 2 is 2.36 bits per heavy atom. The summed E-state index contributed by atoms with van der Waals surface area (Å²) in [6, 6.07) is 2.03. The minimum absolute atomic E-state index is 0.300. The highest BCUT2D eigenvalue weighted by Crippen LogP contribution is 2.16. The van der Waals surface area contributed by atoms with E-state index >= 15 is 0 Å². The number of hydrogen-bond donors (Lipinski definition) is 1. The van der Waals surface area contributed by atoms with Gasteiger partial charge in [-0.1, -0.05) is 5.16 Å². The van der Waals surface area contributed by atoms with Crippen LogP contribution in [-0.4, -0.2) is 51.2 Å². The number of hydrogen-bond acceptors (Lipinski definition) is 8. The second-order valence-electron chi connectivity index (χ2n) is 5.37. The molecule has 8 nitrogen and oxygen atoms in total. The van der Waals surface area contributed by atoms with Crippen LogP contribution < -0.4 is 10.1 Å². The topological polar surface area (TPSA) is 89.2 Å². The molecule has 1 saturated heterocycles. The third-order valence-corrected chi connectivity index (χ3v) is 3.61. The molecule has 0 amide bonds. The van der Waals surface area contributed by atoms with Crippen molar-refractivity contribution in [1.29, 1.82) is 0 Å². The maximum Gasteiger partial charge on any atom is 0.226 e. The van der Waals surface area contributed by atoms with Crippen LogP contribution in [-0.2, 0) is 6.54 Å². The fourth-order valence-electron chi connectivity index (χ4n) is 2.63. The molecule has 0 aromatic carbocycles. The van der Waals surface area contributed by atoms with E-state index in [-0.39, 0.29) is 0 Å². The predicted octanol–water partition coefficient (Wildman–Crippen LogP) is 1.25. The highest BCUT2D eigenvalue weighted by atomic mass is 16.5. The Morgan fingerprint density at radius 3 is 3.14 bits per heavy atom. The maximum absolute atomic E-state index is 5.12. The third kappa shape index (κ3) is 3.70. The van der Waals surface area contributed by atoms with Gasteiger partial charge in [0.15, 0.2) is 5.82 Å². The van der Waals surface area contributed by atoms with E-state index in [0.29, 0.717) is 30.3 Å². The molecule has 1 fully saturated rings. The van der Waals surface area contributed by atoms with Crippen molar-refractivity contribution in [3.05, 3.63) is 24.0 Å². The lowest BCUT2D eigenvalue weighted by Crippen LogP contribution is -2.42. The first-order chi connectivity index (χ1) is 10.7. The van der Waals surface area contributed by atoms with Gasteiger partial charge in [-0.25, -0.2) is 4.98 Å². The van der Waals surface area contributed by atoms with E-state index in [4.69, 9.17) is 9.26 Å². The van der Waals surface area contributed by atoms with E-state index in [0.717, 1.165) is 31.8 Å². The van der Waals surface area contributed by atoms with Crippen LogP contribution >= 0.6 is 0 Å². The van der Waals surface area contributed by atoms with E-state index < -0.39 is 0 Å². The van der Waals surface area contributed by atoms with E-state index in [1.807, 2.05) is 0 Å². The number of likely N-dealkylation sites (tertiary alicyclic amines) is 1. The summed E-state index contributed by atoms with van der Waals surface area (Å²) in [5.74, 6) is 2.50. The number of aromatic nitrogens is 4. The summed E-state index contributed by atoms with van der Waals surface area (Å²) < 4.78 is 10.1. The van der Waals surface area contributed by atoms with Crippen LogP contribution in [0.5, 0.6) is 5.88 Å². The van der Waals surface area contributed by atoms with Crippen LogP contribution in [0, 0.1) is 6.92 Å². The molecule has 22 heavy (non-hydrogen) atoms. The van der Waals surface area contributed by atoms with Crippen LogP contribution in [0.3, 0.4) is 0 Å². The Hall–Kier alpha value is -2.22. The minimum Gasteiger partial charge on any atom is -0.481 e. The molecule has 1 N–H and O–H groups in total. The molecule has 118 valence electrons. The van der Waals surface area contributed by atoms with Gasteiger partial charge in [0.05, 0.1) is 13.7 Å². The van der Waals surface area contributed by atoms with Crippen molar-refractivity contribution in [3.63, 3.8) is 0 Å². The molecule has 3 rings (SSSR count). The summed E-state index contributed by atoms with van der Waals surface area (Å²) in [5, 5.41) is 7.32. The largest absolute Gasteiger partial charge is 0.481 e. The van der Waals surface area contributed by atoms with Gasteiger partial charge in [-0.15, -0.1) is 0 Å². The molecule has 0 bridgehead atoms. The highest BCUT2D eigenvalue weighted by Gasteiger charge is 2.22. The number of nitrogens with one attached hydrogen (secondary N) is 1. The molecule has 3 heterocycles. The van der Waals surface area contributed by atoms with E-state index in [1.54, 1.807) is 26.3 Å². The van der Waals surface area contributed by atoms with Crippen molar-refractivity contribution in [2.75, 3.05) is 25.5 Å². The standard InChI is InChI=1S/C14H20N6O2/c1-10-16-12(19-22-10)9-20-7-3-4-11(8-20)17-14-15-6-5-13(18-14)21-2/h5-6,11H,3-4,7-9H2,1-2H3,(H,15,17,18). The summed E-state index contributed by atoms with van der Waals surface area (Å²) in [6.07, 6.45) is 3.89. The second kappa shape index (κ2) is 6.69. The number of anilines is 1. The summed E-state index contributed by atoms with van der Waals surface area (Å²) in [7, 11) is 1.60. The van der Waals surface area contributed by atoms with Crippen LogP contribution in [0.15, 0.2) is 16.8 Å². The lowest BCUT2D eigenvalue weighted by atomic mass is 10.1. The van der Waals surface area contributed by atoms with Gasteiger partial charge in [0.2, 0.25) is 17.7 Å². The number of nitrogens with zero attached hydrogens (tertiary/aromatic N) is 5. The molecule has 1 atom stereocenters. The Morgan fingerprint density at radius 1 is 1.45 bits per heavy atom. The van der Waals surface area contributed by atoms with Crippen LogP contribution in [0.25, 0.3) is 0 Å². The number of rotatable bonds is 5. The molecule has 1 aliphatic heterocycles. The molecule has 0 aliphatic carbocycles. The molecule has 0 saturated carbocycles. The number of piperidine rings is 1. The summed E-state index contributed by atoms with van der Waals surface area (Å²) in [5.41, 5.74) is 0. The first-order valence-electron chi connectivity index (χ1n) is 7.38. The second-order valence-corrected chi connectivity index (χ2v) is 5.37. The molecular formula is C14H20N6O2.